The zero-order valence-corrected chi connectivity index (χ0v) is 24.7. The first-order valence-electron chi connectivity index (χ1n) is 14.8. The van der Waals surface area contributed by atoms with Crippen LogP contribution < -0.4 is 10.1 Å². The van der Waals surface area contributed by atoms with Crippen LogP contribution in [0.1, 0.15) is 73.0 Å². The molecular formula is C33H45FN3O4+. The first-order chi connectivity index (χ1) is 19.5. The fourth-order valence-corrected chi connectivity index (χ4v) is 5.99. The van der Waals surface area contributed by atoms with Gasteiger partial charge in [0, 0.05) is 31.3 Å². The molecule has 1 aliphatic heterocycles. The number of nitrogens with one attached hydrogen (secondary N) is 1. The van der Waals surface area contributed by atoms with Crippen molar-refractivity contribution in [2.45, 2.75) is 70.1 Å². The van der Waals surface area contributed by atoms with Gasteiger partial charge in [-0.15, -0.1) is 0 Å². The number of hydrogen-bond acceptors (Lipinski definition) is 5. The Balaban J connectivity index is 1.41. The van der Waals surface area contributed by atoms with Crippen LogP contribution >= 0.6 is 0 Å². The SMILES string of the molecule is C=CC(=O)[N+]1(C)CCN(C[C@H](Oc2ccc(C(=O)NCCC3(O)CCCCC3)cc2)c2ccc(C)c(F)c2)C[C@H]1C. The predicted octanol–water partition coefficient (Wildman–Crippen LogP) is 4.93. The predicted molar refractivity (Wildman–Crippen MR) is 158 cm³/mol. The number of aryl methyl sites for hydroxylation is 1. The van der Waals surface area contributed by atoms with Gasteiger partial charge >= 0.3 is 5.91 Å². The molecular weight excluding hydrogens is 521 g/mol. The number of hydrogen-bond donors (Lipinski definition) is 2. The molecule has 2 N–H and O–H groups in total. The molecule has 0 bridgehead atoms. The molecule has 0 spiro atoms. The van der Waals surface area contributed by atoms with Crippen LogP contribution in [-0.2, 0) is 4.79 Å². The third kappa shape index (κ3) is 7.61. The highest BCUT2D eigenvalue weighted by molar-refractivity contribution is 5.94. The summed E-state index contributed by atoms with van der Waals surface area (Å²) in [6.45, 7) is 10.5. The van der Waals surface area contributed by atoms with Crippen molar-refractivity contribution in [1.29, 1.82) is 0 Å². The molecule has 1 heterocycles. The van der Waals surface area contributed by atoms with Crippen LogP contribution in [0.4, 0.5) is 4.39 Å². The number of carbonyl (C=O) groups excluding carboxylic acids is 2. The van der Waals surface area contributed by atoms with Crippen LogP contribution in [0, 0.1) is 12.7 Å². The fraction of sp³-hybridized carbons (Fsp3) is 0.515. The first kappa shape index (κ1) is 30.9. The molecule has 2 aromatic rings. The van der Waals surface area contributed by atoms with Crippen molar-refractivity contribution in [3.05, 3.63) is 77.6 Å². The highest BCUT2D eigenvalue weighted by Crippen LogP contribution is 2.31. The number of rotatable bonds is 10. The molecule has 222 valence electrons. The van der Waals surface area contributed by atoms with Crippen LogP contribution in [0.25, 0.3) is 0 Å². The van der Waals surface area contributed by atoms with Gasteiger partial charge < -0.3 is 15.2 Å². The Kier molecular flexibility index (Phi) is 10.00. The average molecular weight is 567 g/mol. The second-order valence-corrected chi connectivity index (χ2v) is 12.1. The van der Waals surface area contributed by atoms with Crippen LogP contribution in [0.15, 0.2) is 55.1 Å². The summed E-state index contributed by atoms with van der Waals surface area (Å²) >= 11 is 0. The molecule has 1 saturated carbocycles. The van der Waals surface area contributed by atoms with Crippen molar-refractivity contribution in [2.24, 2.45) is 0 Å². The number of halogens is 1. The topological polar surface area (TPSA) is 78.9 Å². The van der Waals surface area contributed by atoms with Crippen molar-refractivity contribution in [3.8, 4) is 5.75 Å². The van der Waals surface area contributed by atoms with Crippen molar-refractivity contribution in [2.75, 3.05) is 39.8 Å². The molecule has 41 heavy (non-hydrogen) atoms. The summed E-state index contributed by atoms with van der Waals surface area (Å²) in [7, 11) is 1.95. The molecule has 2 fully saturated rings. The second kappa shape index (κ2) is 13.3. The number of ether oxygens (including phenoxy) is 1. The number of likely N-dealkylation sites (N-methyl/N-ethyl adjacent to an activating group) is 1. The Hall–Kier alpha value is -3.07. The minimum Gasteiger partial charge on any atom is -0.484 e. The van der Waals surface area contributed by atoms with Crippen LogP contribution in [0.5, 0.6) is 5.75 Å². The number of aliphatic hydroxyl groups is 1. The van der Waals surface area contributed by atoms with Crippen LogP contribution in [0.2, 0.25) is 0 Å². The number of quaternary nitrogens is 1. The van der Waals surface area contributed by atoms with E-state index < -0.39 is 11.7 Å². The Bertz CT molecular complexity index is 1230. The minimum absolute atomic E-state index is 0.0135. The van der Waals surface area contributed by atoms with Gasteiger partial charge in [-0.2, -0.15) is 0 Å². The smallest absolute Gasteiger partial charge is 0.338 e. The maximum Gasteiger partial charge on any atom is 0.338 e. The van der Waals surface area contributed by atoms with E-state index in [9.17, 15) is 19.1 Å². The van der Waals surface area contributed by atoms with E-state index >= 15 is 0 Å². The van der Waals surface area contributed by atoms with E-state index in [2.05, 4.69) is 23.7 Å². The van der Waals surface area contributed by atoms with Gasteiger partial charge in [0.2, 0.25) is 0 Å². The third-order valence-electron chi connectivity index (χ3n) is 9.10. The third-order valence-corrected chi connectivity index (χ3v) is 9.10. The number of benzene rings is 2. The summed E-state index contributed by atoms with van der Waals surface area (Å²) in [4.78, 5) is 27.5. The summed E-state index contributed by atoms with van der Waals surface area (Å²) in [6, 6.07) is 12.2. The minimum atomic E-state index is -0.668. The summed E-state index contributed by atoms with van der Waals surface area (Å²) in [6.07, 6.45) is 6.33. The lowest BCUT2D eigenvalue weighted by atomic mass is 9.82. The number of piperazine rings is 1. The molecule has 4 rings (SSSR count). The maximum absolute atomic E-state index is 14.6. The number of carbonyl (C=O) groups is 2. The Morgan fingerprint density at radius 2 is 1.93 bits per heavy atom. The molecule has 2 aromatic carbocycles. The first-order valence-corrected chi connectivity index (χ1v) is 14.8. The monoisotopic (exact) mass is 566 g/mol. The van der Waals surface area contributed by atoms with Gasteiger partial charge in [0.1, 0.15) is 23.7 Å². The quantitative estimate of drug-likeness (QED) is 0.315. The molecule has 0 radical (unpaired) electrons. The van der Waals surface area contributed by atoms with Gasteiger partial charge in [0.05, 0.1) is 25.7 Å². The van der Waals surface area contributed by atoms with Crippen molar-refractivity contribution in [3.63, 3.8) is 0 Å². The van der Waals surface area contributed by atoms with Gasteiger partial charge in [-0.1, -0.05) is 38.0 Å². The van der Waals surface area contributed by atoms with Crippen molar-refractivity contribution < 1.29 is 28.3 Å². The normalized spacial score (nSPS) is 23.4. The van der Waals surface area contributed by atoms with Crippen LogP contribution in [-0.4, -0.2) is 77.7 Å². The van der Waals surface area contributed by atoms with Gasteiger partial charge in [-0.3, -0.25) is 14.2 Å². The molecule has 8 heteroatoms. The average Bonchev–Trinajstić information content (AvgIpc) is 2.96. The van der Waals surface area contributed by atoms with E-state index in [1.54, 1.807) is 37.3 Å². The molecule has 3 atom stereocenters. The van der Waals surface area contributed by atoms with Crippen molar-refractivity contribution >= 4 is 11.8 Å². The molecule has 1 aliphatic carbocycles. The standard InChI is InChI=1S/C33H44FN3O4/c1-5-31(38)37(4)20-19-36(22-25(37)3)23-30(27-10-9-24(2)29(34)21-27)41-28-13-11-26(12-14-28)32(39)35-18-17-33(40)15-7-6-8-16-33/h5,9-14,21,25,30,40H,1,6-8,15-20,22-23H2,2-4H3/p+1/t25-,30+,37?/m1/s1. The lowest BCUT2D eigenvalue weighted by Gasteiger charge is -2.45. The van der Waals surface area contributed by atoms with Gasteiger partial charge in [0.15, 0.2) is 0 Å². The van der Waals surface area contributed by atoms with Gasteiger partial charge in [-0.05, 0) is 74.6 Å². The Morgan fingerprint density at radius 3 is 2.56 bits per heavy atom. The van der Waals surface area contributed by atoms with E-state index in [0.717, 1.165) is 37.7 Å². The molecule has 0 aromatic heterocycles. The van der Waals surface area contributed by atoms with E-state index in [1.807, 2.05) is 13.1 Å². The molecule has 2 aliphatic rings. The Morgan fingerprint density at radius 1 is 1.22 bits per heavy atom. The van der Waals surface area contributed by atoms with E-state index in [0.29, 0.717) is 60.5 Å². The highest BCUT2D eigenvalue weighted by Gasteiger charge is 2.41. The summed E-state index contributed by atoms with van der Waals surface area (Å²) in [5.74, 6) is 0.121. The van der Waals surface area contributed by atoms with E-state index in [1.165, 1.54) is 12.1 Å². The Labute approximate surface area is 243 Å². The zero-order chi connectivity index (χ0) is 29.6. The summed E-state index contributed by atoms with van der Waals surface area (Å²) in [5.41, 5.74) is 1.15. The molecule has 1 unspecified atom stereocenters. The number of amides is 2. The van der Waals surface area contributed by atoms with E-state index in [-0.39, 0.29) is 23.7 Å². The number of nitrogens with zero attached hydrogens (tertiary/aromatic N) is 2. The lowest BCUT2D eigenvalue weighted by molar-refractivity contribution is -0.861. The summed E-state index contributed by atoms with van der Waals surface area (Å²) in [5, 5.41) is 13.6. The van der Waals surface area contributed by atoms with Crippen molar-refractivity contribution in [1.82, 2.24) is 10.2 Å². The highest BCUT2D eigenvalue weighted by atomic mass is 19.1. The van der Waals surface area contributed by atoms with Gasteiger partial charge in [0.25, 0.3) is 5.91 Å². The van der Waals surface area contributed by atoms with Gasteiger partial charge in [-0.25, -0.2) is 9.18 Å². The molecule has 2 amide bonds. The second-order valence-electron chi connectivity index (χ2n) is 12.1. The molecule has 1 saturated heterocycles. The largest absolute Gasteiger partial charge is 0.484 e. The summed E-state index contributed by atoms with van der Waals surface area (Å²) < 4.78 is 21.3. The van der Waals surface area contributed by atoms with E-state index in [4.69, 9.17) is 4.74 Å². The molecule has 7 nitrogen and oxygen atoms in total. The maximum atomic E-state index is 14.6. The lowest BCUT2D eigenvalue weighted by Crippen LogP contribution is -2.65. The van der Waals surface area contributed by atoms with Crippen LogP contribution in [0.3, 0.4) is 0 Å². The fourth-order valence-electron chi connectivity index (χ4n) is 5.99. The zero-order valence-electron chi connectivity index (χ0n) is 24.7.